The zero-order chi connectivity index (χ0) is 20.2. The number of H-pyrrole nitrogens is 1. The zero-order valence-corrected chi connectivity index (χ0v) is 15.7. The number of carbonyl (C=O) groups is 2. The number of aromatic nitrogens is 1. The first kappa shape index (κ1) is 18.4. The molecule has 0 atom stereocenters. The number of hydrazone groups is 1. The number of nitrogens with one attached hydrogen (secondary N) is 2. The molecule has 0 fully saturated rings. The quantitative estimate of drug-likeness (QED) is 0.203. The number of hydrogen-bond donors (Lipinski definition) is 3. The molecule has 3 aromatic carbocycles. The van der Waals surface area contributed by atoms with Crippen molar-refractivity contribution >= 4 is 45.8 Å². The number of fused-ring (bicyclic) bond motifs is 2. The second-order valence-corrected chi connectivity index (χ2v) is 6.86. The van der Waals surface area contributed by atoms with Gasteiger partial charge in [-0.25, -0.2) is 0 Å². The fourth-order valence-electron chi connectivity index (χ4n) is 3.55. The maximum Gasteiger partial charge on any atom is 0.224 e. The van der Waals surface area contributed by atoms with Crippen LogP contribution in [-0.2, 0) is 11.2 Å². The molecule has 1 aromatic heterocycles. The lowest BCUT2D eigenvalue weighted by Crippen LogP contribution is -2.12. The Kier molecular flexibility index (Phi) is 5.07. The third-order valence-electron chi connectivity index (χ3n) is 4.92. The second kappa shape index (κ2) is 7.98. The van der Waals surface area contributed by atoms with Crippen LogP contribution in [0.15, 0.2) is 65.9 Å². The molecule has 0 saturated heterocycles. The summed E-state index contributed by atoms with van der Waals surface area (Å²) >= 11 is 0. The van der Waals surface area contributed by atoms with Crippen LogP contribution in [0.2, 0.25) is 0 Å². The molecule has 0 spiro atoms. The Morgan fingerprint density at radius 1 is 1.07 bits per heavy atom. The zero-order valence-electron chi connectivity index (χ0n) is 15.7. The number of carbonyl (C=O) groups excluding carboxylic acids is 2. The molecule has 0 aliphatic carbocycles. The minimum Gasteiger partial charge on any atom is -0.360 e. The van der Waals surface area contributed by atoms with Crippen LogP contribution in [-0.4, -0.2) is 23.4 Å². The minimum atomic E-state index is -0.107. The van der Waals surface area contributed by atoms with E-state index in [1.165, 1.54) is 11.6 Å². The lowest BCUT2D eigenvalue weighted by Gasteiger charge is -2.08. The average molecular weight is 384 g/mol. The van der Waals surface area contributed by atoms with Crippen LogP contribution in [0.4, 0.5) is 5.69 Å². The summed E-state index contributed by atoms with van der Waals surface area (Å²) in [5.74, 6) is 5.11. The molecule has 4 rings (SSSR count). The summed E-state index contributed by atoms with van der Waals surface area (Å²) in [7, 11) is 0. The lowest BCUT2D eigenvalue weighted by atomic mass is 10.0. The highest BCUT2D eigenvalue weighted by Crippen LogP contribution is 2.25. The van der Waals surface area contributed by atoms with Gasteiger partial charge in [0.15, 0.2) is 6.29 Å². The molecule has 0 unspecified atom stereocenters. The molecule has 0 radical (unpaired) electrons. The molecule has 4 aromatic rings. The summed E-state index contributed by atoms with van der Waals surface area (Å²) in [6.07, 6.45) is 4.95. The average Bonchev–Trinajstić information content (AvgIpc) is 3.14. The molecule has 6 nitrogen and oxygen atoms in total. The monoisotopic (exact) mass is 384 g/mol. The molecule has 0 bridgehead atoms. The van der Waals surface area contributed by atoms with Crippen LogP contribution in [0.25, 0.3) is 21.7 Å². The van der Waals surface area contributed by atoms with Crippen LogP contribution in [0.5, 0.6) is 0 Å². The lowest BCUT2D eigenvalue weighted by molar-refractivity contribution is -0.116. The molecule has 29 heavy (non-hydrogen) atoms. The highest BCUT2D eigenvalue weighted by atomic mass is 16.1. The Labute approximate surface area is 167 Å². The SMILES string of the molecule is N/N=C\c1c[nH]c2cc(NC(=O)CCc3ccc4ccccc4c3)cc(C=O)c12. The predicted molar refractivity (Wildman–Crippen MR) is 116 cm³/mol. The first-order valence-electron chi connectivity index (χ1n) is 9.29. The van der Waals surface area contributed by atoms with Gasteiger partial charge in [-0.2, -0.15) is 5.10 Å². The number of benzene rings is 3. The smallest absolute Gasteiger partial charge is 0.224 e. The summed E-state index contributed by atoms with van der Waals surface area (Å²) in [5.41, 5.74) is 3.59. The van der Waals surface area contributed by atoms with E-state index >= 15 is 0 Å². The summed E-state index contributed by atoms with van der Waals surface area (Å²) in [6, 6.07) is 17.8. The van der Waals surface area contributed by atoms with E-state index in [2.05, 4.69) is 39.7 Å². The maximum absolute atomic E-state index is 12.4. The van der Waals surface area contributed by atoms with E-state index in [1.807, 2.05) is 18.2 Å². The number of aryl methyl sites for hydroxylation is 1. The van der Waals surface area contributed by atoms with Crippen LogP contribution in [0.3, 0.4) is 0 Å². The van der Waals surface area contributed by atoms with Crippen LogP contribution >= 0.6 is 0 Å². The van der Waals surface area contributed by atoms with Crippen molar-refractivity contribution in [3.8, 4) is 0 Å². The molecule has 4 N–H and O–H groups in total. The number of anilines is 1. The molecule has 0 aliphatic heterocycles. The highest BCUT2D eigenvalue weighted by molar-refractivity contribution is 6.09. The van der Waals surface area contributed by atoms with Crippen molar-refractivity contribution < 1.29 is 9.59 Å². The van der Waals surface area contributed by atoms with Gasteiger partial charge in [0.25, 0.3) is 0 Å². The number of nitrogens with two attached hydrogens (primary N) is 1. The van der Waals surface area contributed by atoms with E-state index in [4.69, 9.17) is 5.84 Å². The first-order valence-corrected chi connectivity index (χ1v) is 9.29. The standard InChI is InChI=1S/C23H20N4O2/c24-26-13-19-12-25-21-11-20(10-18(14-28)23(19)21)27-22(29)8-6-15-5-7-16-3-1-2-4-17(16)9-15/h1-5,7,9-14,25H,6,8,24H2,(H,27,29)/b26-13-. The van der Waals surface area contributed by atoms with Gasteiger partial charge < -0.3 is 16.1 Å². The van der Waals surface area contributed by atoms with Crippen molar-refractivity contribution in [3.05, 3.63) is 77.5 Å². The third-order valence-corrected chi connectivity index (χ3v) is 4.92. The Hall–Kier alpha value is -3.93. The van der Waals surface area contributed by atoms with Gasteiger partial charge in [-0.1, -0.05) is 42.5 Å². The first-order chi connectivity index (χ1) is 14.2. The van der Waals surface area contributed by atoms with Crippen LogP contribution in [0.1, 0.15) is 27.9 Å². The number of aromatic amines is 1. The van der Waals surface area contributed by atoms with Crippen molar-refractivity contribution in [2.75, 3.05) is 5.32 Å². The molecule has 6 heteroatoms. The fourth-order valence-corrected chi connectivity index (χ4v) is 3.55. The molecule has 144 valence electrons. The maximum atomic E-state index is 12.4. The number of nitrogens with zero attached hydrogens (tertiary/aromatic N) is 1. The van der Waals surface area contributed by atoms with Crippen molar-refractivity contribution in [2.24, 2.45) is 10.9 Å². The van der Waals surface area contributed by atoms with Gasteiger partial charge in [-0.05, 0) is 34.9 Å². The number of rotatable bonds is 6. The van der Waals surface area contributed by atoms with Gasteiger partial charge in [-0.3, -0.25) is 9.59 Å². The van der Waals surface area contributed by atoms with Crippen molar-refractivity contribution in [1.82, 2.24) is 4.98 Å². The molecule has 0 saturated carbocycles. The summed E-state index contributed by atoms with van der Waals surface area (Å²) in [4.78, 5) is 27.1. The van der Waals surface area contributed by atoms with Crippen molar-refractivity contribution in [2.45, 2.75) is 12.8 Å². The van der Waals surface area contributed by atoms with Gasteiger partial charge in [0.2, 0.25) is 5.91 Å². The van der Waals surface area contributed by atoms with Crippen LogP contribution < -0.4 is 11.2 Å². The number of aldehydes is 1. The third kappa shape index (κ3) is 3.87. The Morgan fingerprint density at radius 3 is 2.69 bits per heavy atom. The Balaban J connectivity index is 1.48. The van der Waals surface area contributed by atoms with E-state index in [9.17, 15) is 9.59 Å². The fraction of sp³-hybridized carbons (Fsp3) is 0.0870. The van der Waals surface area contributed by atoms with Crippen molar-refractivity contribution in [1.29, 1.82) is 0 Å². The van der Waals surface area contributed by atoms with Gasteiger partial charge in [0.1, 0.15) is 0 Å². The minimum absolute atomic E-state index is 0.107. The van der Waals surface area contributed by atoms with Gasteiger partial charge >= 0.3 is 0 Å². The summed E-state index contributed by atoms with van der Waals surface area (Å²) in [6.45, 7) is 0. The van der Waals surface area contributed by atoms with Gasteiger partial charge in [0.05, 0.1) is 6.21 Å². The van der Waals surface area contributed by atoms with E-state index in [0.717, 1.165) is 33.7 Å². The van der Waals surface area contributed by atoms with Crippen molar-refractivity contribution in [3.63, 3.8) is 0 Å². The van der Waals surface area contributed by atoms with Gasteiger partial charge in [-0.15, -0.1) is 0 Å². The highest BCUT2D eigenvalue weighted by Gasteiger charge is 2.11. The predicted octanol–water partition coefficient (Wildman–Crippen LogP) is 4.00. The normalized spacial score (nSPS) is 11.3. The number of hydrogen-bond acceptors (Lipinski definition) is 4. The van der Waals surface area contributed by atoms with E-state index < -0.39 is 0 Å². The molecule has 0 aliphatic rings. The van der Waals surface area contributed by atoms with Crippen LogP contribution in [0, 0.1) is 0 Å². The summed E-state index contributed by atoms with van der Waals surface area (Å²) < 4.78 is 0. The van der Waals surface area contributed by atoms with E-state index in [-0.39, 0.29) is 5.91 Å². The van der Waals surface area contributed by atoms with Gasteiger partial charge in [0, 0.05) is 40.3 Å². The largest absolute Gasteiger partial charge is 0.360 e. The van der Waals surface area contributed by atoms with E-state index in [0.29, 0.717) is 24.1 Å². The molecule has 1 amide bonds. The molecular formula is C23H20N4O2. The van der Waals surface area contributed by atoms with E-state index in [1.54, 1.807) is 18.3 Å². The molecule has 1 heterocycles. The number of amides is 1. The topological polar surface area (TPSA) is 100 Å². The summed E-state index contributed by atoms with van der Waals surface area (Å²) in [5, 5.41) is 9.47. The second-order valence-electron chi connectivity index (χ2n) is 6.86. The molecular weight excluding hydrogens is 364 g/mol. The Bertz CT molecular complexity index is 1240. The Morgan fingerprint density at radius 2 is 1.90 bits per heavy atom.